The number of furan rings is 1. The van der Waals surface area contributed by atoms with E-state index in [0.717, 1.165) is 44.6 Å². The fourth-order valence-electron chi connectivity index (χ4n) is 3.09. The molecule has 2 aromatic rings. The maximum atomic E-state index is 12.3. The minimum absolute atomic E-state index is 0.0668. The summed E-state index contributed by atoms with van der Waals surface area (Å²) in [5, 5.41) is 8.47. The summed E-state index contributed by atoms with van der Waals surface area (Å²) in [4.78, 5) is 14.2. The van der Waals surface area contributed by atoms with Gasteiger partial charge in [-0.2, -0.15) is 0 Å². The van der Waals surface area contributed by atoms with Crippen molar-refractivity contribution < 1.29 is 9.21 Å². The van der Waals surface area contributed by atoms with Crippen LogP contribution in [0.5, 0.6) is 0 Å². The van der Waals surface area contributed by atoms with Crippen molar-refractivity contribution in [1.82, 2.24) is 19.9 Å². The first-order valence-corrected chi connectivity index (χ1v) is 8.32. The monoisotopic (exact) mass is 316 g/mol. The van der Waals surface area contributed by atoms with Gasteiger partial charge in [0.15, 0.2) is 0 Å². The Morgan fingerprint density at radius 2 is 2.17 bits per heavy atom. The number of carbonyl (C=O) groups excluding carboxylic acids is 1. The van der Waals surface area contributed by atoms with Crippen LogP contribution in [0.3, 0.4) is 0 Å². The van der Waals surface area contributed by atoms with Crippen LogP contribution in [0.25, 0.3) is 0 Å². The fraction of sp³-hybridized carbons (Fsp3) is 0.588. The molecule has 6 nitrogen and oxygen atoms in total. The summed E-state index contributed by atoms with van der Waals surface area (Å²) in [6.07, 6.45) is 8.09. The van der Waals surface area contributed by atoms with Crippen molar-refractivity contribution in [3.05, 3.63) is 36.0 Å². The highest BCUT2D eigenvalue weighted by atomic mass is 16.3. The van der Waals surface area contributed by atoms with Crippen LogP contribution in [0.4, 0.5) is 0 Å². The summed E-state index contributed by atoms with van der Waals surface area (Å²) < 4.78 is 6.94. The van der Waals surface area contributed by atoms with Crippen molar-refractivity contribution in [3.63, 3.8) is 0 Å². The molecule has 1 fully saturated rings. The Morgan fingerprint density at radius 3 is 2.83 bits per heavy atom. The number of nitrogens with zero attached hydrogens (tertiary/aromatic N) is 4. The molecule has 6 heteroatoms. The molecule has 3 heterocycles. The highest BCUT2D eigenvalue weighted by Gasteiger charge is 2.24. The van der Waals surface area contributed by atoms with E-state index in [2.05, 4.69) is 30.4 Å². The zero-order valence-electron chi connectivity index (χ0n) is 13.8. The average molecular weight is 316 g/mol. The summed E-state index contributed by atoms with van der Waals surface area (Å²) in [5.74, 6) is 1.21. The molecular formula is C17H24N4O2. The predicted molar refractivity (Wildman–Crippen MR) is 85.9 cm³/mol. The second-order valence-electron chi connectivity index (χ2n) is 6.78. The first-order valence-electron chi connectivity index (χ1n) is 8.32. The van der Waals surface area contributed by atoms with Gasteiger partial charge in [-0.15, -0.1) is 5.10 Å². The van der Waals surface area contributed by atoms with Gasteiger partial charge >= 0.3 is 0 Å². The molecule has 1 saturated heterocycles. The van der Waals surface area contributed by atoms with Crippen molar-refractivity contribution >= 4 is 5.91 Å². The van der Waals surface area contributed by atoms with Crippen molar-refractivity contribution in [3.8, 4) is 0 Å². The Kier molecular flexibility index (Phi) is 4.79. The fourth-order valence-corrected chi connectivity index (χ4v) is 3.09. The third-order valence-electron chi connectivity index (χ3n) is 4.32. The minimum atomic E-state index is 0.0668. The summed E-state index contributed by atoms with van der Waals surface area (Å²) >= 11 is 0. The van der Waals surface area contributed by atoms with E-state index in [1.807, 2.05) is 9.58 Å². The molecular weight excluding hydrogens is 292 g/mol. The molecule has 124 valence electrons. The van der Waals surface area contributed by atoms with E-state index in [4.69, 9.17) is 4.42 Å². The van der Waals surface area contributed by atoms with Crippen molar-refractivity contribution in [2.24, 2.45) is 11.8 Å². The molecule has 0 spiro atoms. The lowest BCUT2D eigenvalue weighted by Gasteiger charge is -2.31. The highest BCUT2D eigenvalue weighted by molar-refractivity contribution is 5.93. The lowest BCUT2D eigenvalue weighted by Crippen LogP contribution is -2.39. The summed E-state index contributed by atoms with van der Waals surface area (Å²) in [7, 11) is 0. The quantitative estimate of drug-likeness (QED) is 0.850. The summed E-state index contributed by atoms with van der Waals surface area (Å²) in [6, 6.07) is 1.72. The van der Waals surface area contributed by atoms with Gasteiger partial charge in [0.05, 0.1) is 17.5 Å². The van der Waals surface area contributed by atoms with Crippen LogP contribution in [0.1, 0.15) is 42.7 Å². The van der Waals surface area contributed by atoms with E-state index in [1.165, 1.54) is 6.26 Å². The van der Waals surface area contributed by atoms with Crippen molar-refractivity contribution in [2.75, 3.05) is 13.1 Å². The molecule has 0 aromatic carbocycles. The molecule has 1 amide bonds. The second-order valence-corrected chi connectivity index (χ2v) is 6.78. The first-order chi connectivity index (χ1) is 11.1. The molecule has 0 saturated carbocycles. The number of aromatic nitrogens is 3. The van der Waals surface area contributed by atoms with E-state index in [0.29, 0.717) is 17.4 Å². The van der Waals surface area contributed by atoms with Crippen LogP contribution in [0.2, 0.25) is 0 Å². The maximum Gasteiger partial charge on any atom is 0.257 e. The van der Waals surface area contributed by atoms with E-state index >= 15 is 0 Å². The van der Waals surface area contributed by atoms with Gasteiger partial charge in [-0.1, -0.05) is 19.1 Å². The topological polar surface area (TPSA) is 64.2 Å². The first kappa shape index (κ1) is 15.8. The standard InChI is InChI=1S/C17H24N4O2/c1-13(2)9-16-11-21(19-18-16)10-14-3-6-20(7-4-14)17(22)15-5-8-23-12-15/h5,8,11-14H,3-4,6-7,9-10H2,1-2H3. The number of likely N-dealkylation sites (tertiary alicyclic amines) is 1. The molecule has 2 aromatic heterocycles. The van der Waals surface area contributed by atoms with Gasteiger partial charge in [0.25, 0.3) is 5.91 Å². The van der Waals surface area contributed by atoms with Gasteiger partial charge in [-0.05, 0) is 37.2 Å². The lowest BCUT2D eigenvalue weighted by molar-refractivity contribution is 0.0680. The number of hydrogen-bond acceptors (Lipinski definition) is 4. The van der Waals surface area contributed by atoms with Crippen LogP contribution in [0.15, 0.2) is 29.2 Å². The zero-order chi connectivity index (χ0) is 16.2. The Labute approximate surface area is 136 Å². The molecule has 0 atom stereocenters. The number of carbonyl (C=O) groups is 1. The third-order valence-corrected chi connectivity index (χ3v) is 4.32. The summed E-state index contributed by atoms with van der Waals surface area (Å²) in [5.41, 5.74) is 1.70. The van der Waals surface area contributed by atoms with E-state index in [1.54, 1.807) is 12.3 Å². The van der Waals surface area contributed by atoms with Crippen LogP contribution < -0.4 is 0 Å². The third kappa shape index (κ3) is 4.00. The van der Waals surface area contributed by atoms with Gasteiger partial charge < -0.3 is 9.32 Å². The van der Waals surface area contributed by atoms with Crippen LogP contribution >= 0.6 is 0 Å². The maximum absolute atomic E-state index is 12.3. The molecule has 1 aliphatic heterocycles. The van der Waals surface area contributed by atoms with Crippen molar-refractivity contribution in [1.29, 1.82) is 0 Å². The Morgan fingerprint density at radius 1 is 1.39 bits per heavy atom. The number of amides is 1. The second kappa shape index (κ2) is 6.98. The molecule has 1 aliphatic rings. The minimum Gasteiger partial charge on any atom is -0.472 e. The Bertz CT molecular complexity index is 625. The predicted octanol–water partition coefficient (Wildman–Crippen LogP) is 2.62. The summed E-state index contributed by atoms with van der Waals surface area (Å²) in [6.45, 7) is 6.85. The smallest absolute Gasteiger partial charge is 0.257 e. The van der Waals surface area contributed by atoms with E-state index in [-0.39, 0.29) is 5.91 Å². The lowest BCUT2D eigenvalue weighted by atomic mass is 9.96. The number of rotatable bonds is 5. The number of piperidine rings is 1. The zero-order valence-corrected chi connectivity index (χ0v) is 13.8. The average Bonchev–Trinajstić information content (AvgIpc) is 3.19. The number of hydrogen-bond donors (Lipinski definition) is 0. The Balaban J connectivity index is 1.49. The molecule has 3 rings (SSSR count). The van der Waals surface area contributed by atoms with E-state index < -0.39 is 0 Å². The Hall–Kier alpha value is -2.11. The molecule has 0 radical (unpaired) electrons. The largest absolute Gasteiger partial charge is 0.472 e. The van der Waals surface area contributed by atoms with Crippen LogP contribution in [-0.4, -0.2) is 38.9 Å². The van der Waals surface area contributed by atoms with Gasteiger partial charge in [0, 0.05) is 25.8 Å². The molecule has 0 aliphatic carbocycles. The van der Waals surface area contributed by atoms with Crippen LogP contribution in [-0.2, 0) is 13.0 Å². The molecule has 0 bridgehead atoms. The van der Waals surface area contributed by atoms with Gasteiger partial charge in [-0.25, -0.2) is 0 Å². The normalized spacial score (nSPS) is 16.2. The molecule has 0 N–H and O–H groups in total. The highest BCUT2D eigenvalue weighted by Crippen LogP contribution is 2.21. The van der Waals surface area contributed by atoms with Crippen LogP contribution in [0, 0.1) is 11.8 Å². The molecule has 0 unspecified atom stereocenters. The van der Waals surface area contributed by atoms with Crippen molar-refractivity contribution in [2.45, 2.75) is 39.7 Å². The molecule has 23 heavy (non-hydrogen) atoms. The van der Waals surface area contributed by atoms with Gasteiger partial charge in [-0.3, -0.25) is 9.48 Å². The van der Waals surface area contributed by atoms with E-state index in [9.17, 15) is 4.79 Å². The van der Waals surface area contributed by atoms with Gasteiger partial charge in [0.2, 0.25) is 0 Å². The van der Waals surface area contributed by atoms with Gasteiger partial charge in [0.1, 0.15) is 6.26 Å². The SMILES string of the molecule is CC(C)Cc1cn(CC2CCN(C(=O)c3ccoc3)CC2)nn1.